The minimum Gasteiger partial charge on any atom is -0.478 e. The summed E-state index contributed by atoms with van der Waals surface area (Å²) in [6.45, 7) is 2.71. The summed E-state index contributed by atoms with van der Waals surface area (Å²) in [4.78, 5) is 14.8. The number of hydrogen-bond acceptors (Lipinski definition) is 4. The number of aliphatic hydroxyl groups excluding tert-OH is 1. The normalized spacial score (nSPS) is 12.2. The second-order valence-electron chi connectivity index (χ2n) is 3.87. The average Bonchev–Trinajstić information content (AvgIpc) is 2.26. The molecule has 5 nitrogen and oxygen atoms in total. The first-order chi connectivity index (χ1) is 8.02. The molecule has 17 heavy (non-hydrogen) atoms. The zero-order valence-electron chi connectivity index (χ0n) is 9.48. The van der Waals surface area contributed by atoms with Gasteiger partial charge in [-0.15, -0.1) is 0 Å². The molecule has 6 heteroatoms. The molecule has 1 unspecified atom stereocenters. The van der Waals surface area contributed by atoms with E-state index in [0.29, 0.717) is 18.8 Å². The van der Waals surface area contributed by atoms with Crippen LogP contribution < -0.4 is 5.32 Å². The number of aliphatic hydroxyl groups is 1. The van der Waals surface area contributed by atoms with E-state index in [0.717, 1.165) is 0 Å². The number of aromatic nitrogens is 1. The summed E-state index contributed by atoms with van der Waals surface area (Å²) in [6, 6.07) is 2.73. The Bertz CT molecular complexity index is 398. The molecule has 0 aliphatic carbocycles. The van der Waals surface area contributed by atoms with Gasteiger partial charge in [-0.05, 0) is 24.5 Å². The highest BCUT2D eigenvalue weighted by Gasteiger charge is 2.08. The monoisotopic (exact) mass is 258 g/mol. The van der Waals surface area contributed by atoms with E-state index in [1.807, 2.05) is 6.92 Å². The molecule has 1 rings (SSSR count). The van der Waals surface area contributed by atoms with Gasteiger partial charge in [0.1, 0.15) is 11.0 Å². The van der Waals surface area contributed by atoms with Crippen molar-refractivity contribution >= 4 is 23.4 Å². The number of aromatic carboxylic acids is 1. The Hall–Kier alpha value is -1.33. The summed E-state index contributed by atoms with van der Waals surface area (Å²) in [6.07, 6.45) is 0.680. The van der Waals surface area contributed by atoms with Gasteiger partial charge in [-0.1, -0.05) is 18.5 Å². The standard InChI is InChI=1S/C11H15ClN2O3/c1-7(2-3-15)6-13-10-5-8(11(16)17)4-9(12)14-10/h4-5,7,15H,2-3,6H2,1H3,(H,13,14)(H,16,17). The summed E-state index contributed by atoms with van der Waals surface area (Å²) in [7, 11) is 0. The average molecular weight is 259 g/mol. The molecule has 0 aliphatic heterocycles. The molecule has 1 atom stereocenters. The highest BCUT2D eigenvalue weighted by Crippen LogP contribution is 2.15. The van der Waals surface area contributed by atoms with Crippen LogP contribution in [0.3, 0.4) is 0 Å². The molecule has 3 N–H and O–H groups in total. The van der Waals surface area contributed by atoms with Gasteiger partial charge < -0.3 is 15.5 Å². The molecular weight excluding hydrogens is 244 g/mol. The first-order valence-corrected chi connectivity index (χ1v) is 5.66. The van der Waals surface area contributed by atoms with Crippen LogP contribution in [0.15, 0.2) is 12.1 Å². The van der Waals surface area contributed by atoms with Gasteiger partial charge in [-0.2, -0.15) is 0 Å². The van der Waals surface area contributed by atoms with Gasteiger partial charge in [-0.25, -0.2) is 9.78 Å². The number of carbonyl (C=O) groups is 1. The summed E-state index contributed by atoms with van der Waals surface area (Å²) < 4.78 is 0. The molecule has 0 aliphatic rings. The van der Waals surface area contributed by atoms with Crippen molar-refractivity contribution in [2.24, 2.45) is 5.92 Å². The molecule has 0 aromatic carbocycles. The van der Waals surface area contributed by atoms with Crippen LogP contribution in [0.4, 0.5) is 5.82 Å². The zero-order chi connectivity index (χ0) is 12.8. The third kappa shape index (κ3) is 4.58. The lowest BCUT2D eigenvalue weighted by Gasteiger charge is -2.12. The third-order valence-electron chi connectivity index (χ3n) is 2.29. The van der Waals surface area contributed by atoms with Gasteiger partial charge in [0, 0.05) is 13.2 Å². The van der Waals surface area contributed by atoms with Crippen LogP contribution in [0.25, 0.3) is 0 Å². The Kier molecular flexibility index (Phi) is 5.18. The number of carboxylic acid groups (broad SMARTS) is 1. The molecular formula is C11H15ClN2O3. The van der Waals surface area contributed by atoms with Crippen molar-refractivity contribution in [1.82, 2.24) is 4.98 Å². The van der Waals surface area contributed by atoms with E-state index >= 15 is 0 Å². The van der Waals surface area contributed by atoms with Gasteiger partial charge in [0.05, 0.1) is 5.56 Å². The van der Waals surface area contributed by atoms with Crippen LogP contribution in [-0.4, -0.2) is 34.3 Å². The van der Waals surface area contributed by atoms with E-state index in [1.54, 1.807) is 0 Å². The summed E-state index contributed by atoms with van der Waals surface area (Å²) in [5, 5.41) is 20.7. The Morgan fingerprint density at radius 2 is 2.29 bits per heavy atom. The molecule has 0 amide bonds. The first kappa shape index (κ1) is 13.7. The smallest absolute Gasteiger partial charge is 0.335 e. The molecule has 0 saturated carbocycles. The number of pyridine rings is 1. The van der Waals surface area contributed by atoms with E-state index in [1.165, 1.54) is 12.1 Å². The largest absolute Gasteiger partial charge is 0.478 e. The Balaban J connectivity index is 2.68. The maximum absolute atomic E-state index is 10.8. The molecule has 1 aromatic rings. The fourth-order valence-corrected chi connectivity index (χ4v) is 1.52. The minimum atomic E-state index is -1.04. The van der Waals surface area contributed by atoms with Crippen molar-refractivity contribution in [1.29, 1.82) is 0 Å². The number of halogens is 1. The summed E-state index contributed by atoms with van der Waals surface area (Å²) in [5.74, 6) is -0.338. The molecule has 0 bridgehead atoms. The number of anilines is 1. The molecule has 1 aromatic heterocycles. The Morgan fingerprint density at radius 1 is 1.59 bits per heavy atom. The number of nitrogens with one attached hydrogen (secondary N) is 1. The molecule has 94 valence electrons. The maximum Gasteiger partial charge on any atom is 0.335 e. The van der Waals surface area contributed by atoms with E-state index < -0.39 is 5.97 Å². The fourth-order valence-electron chi connectivity index (χ4n) is 1.31. The van der Waals surface area contributed by atoms with Crippen molar-refractivity contribution in [3.63, 3.8) is 0 Å². The first-order valence-electron chi connectivity index (χ1n) is 5.28. The van der Waals surface area contributed by atoms with Crippen molar-refractivity contribution in [3.8, 4) is 0 Å². The second-order valence-corrected chi connectivity index (χ2v) is 4.25. The summed E-state index contributed by atoms with van der Waals surface area (Å²) >= 11 is 5.72. The highest BCUT2D eigenvalue weighted by atomic mass is 35.5. The second kappa shape index (κ2) is 6.42. The van der Waals surface area contributed by atoms with E-state index in [9.17, 15) is 4.79 Å². The fraction of sp³-hybridized carbons (Fsp3) is 0.455. The van der Waals surface area contributed by atoms with Crippen LogP contribution >= 0.6 is 11.6 Å². The molecule has 0 spiro atoms. The maximum atomic E-state index is 10.8. The Labute approximate surface area is 104 Å². The predicted molar refractivity (Wildman–Crippen MR) is 65.6 cm³/mol. The zero-order valence-corrected chi connectivity index (χ0v) is 10.2. The minimum absolute atomic E-state index is 0.0994. The number of rotatable bonds is 6. The lowest BCUT2D eigenvalue weighted by Crippen LogP contribution is -2.14. The van der Waals surface area contributed by atoms with Crippen molar-refractivity contribution < 1.29 is 15.0 Å². The van der Waals surface area contributed by atoms with Gasteiger partial charge in [0.15, 0.2) is 0 Å². The lowest BCUT2D eigenvalue weighted by atomic mass is 10.1. The predicted octanol–water partition coefficient (Wildman–Crippen LogP) is 1.86. The number of hydrogen-bond donors (Lipinski definition) is 3. The highest BCUT2D eigenvalue weighted by molar-refractivity contribution is 6.29. The molecule has 0 radical (unpaired) electrons. The molecule has 1 heterocycles. The van der Waals surface area contributed by atoms with E-state index in [2.05, 4.69) is 10.3 Å². The van der Waals surface area contributed by atoms with Gasteiger partial charge >= 0.3 is 5.97 Å². The van der Waals surface area contributed by atoms with Crippen LogP contribution in [0.5, 0.6) is 0 Å². The van der Waals surface area contributed by atoms with Crippen LogP contribution in [0, 0.1) is 5.92 Å². The molecule has 0 saturated heterocycles. The lowest BCUT2D eigenvalue weighted by molar-refractivity contribution is 0.0697. The van der Waals surface area contributed by atoms with E-state index in [4.69, 9.17) is 21.8 Å². The van der Waals surface area contributed by atoms with Gasteiger partial charge in [0.2, 0.25) is 0 Å². The van der Waals surface area contributed by atoms with Crippen LogP contribution in [-0.2, 0) is 0 Å². The summed E-state index contributed by atoms with van der Waals surface area (Å²) in [5.41, 5.74) is 0.0994. The Morgan fingerprint density at radius 3 is 2.88 bits per heavy atom. The van der Waals surface area contributed by atoms with Crippen molar-refractivity contribution in [2.75, 3.05) is 18.5 Å². The van der Waals surface area contributed by atoms with Crippen molar-refractivity contribution in [2.45, 2.75) is 13.3 Å². The van der Waals surface area contributed by atoms with Gasteiger partial charge in [-0.3, -0.25) is 0 Å². The molecule has 0 fully saturated rings. The number of carboxylic acids is 1. The topological polar surface area (TPSA) is 82.5 Å². The quantitative estimate of drug-likeness (QED) is 0.679. The third-order valence-corrected chi connectivity index (χ3v) is 2.49. The number of nitrogens with zero attached hydrogens (tertiary/aromatic N) is 1. The SMILES string of the molecule is CC(CCO)CNc1cc(C(=O)O)cc(Cl)n1. The van der Waals surface area contributed by atoms with Crippen LogP contribution in [0.2, 0.25) is 5.15 Å². The van der Waals surface area contributed by atoms with E-state index in [-0.39, 0.29) is 23.2 Å². The van der Waals surface area contributed by atoms with Crippen LogP contribution in [0.1, 0.15) is 23.7 Å². The van der Waals surface area contributed by atoms with Crippen molar-refractivity contribution in [3.05, 3.63) is 22.8 Å². The van der Waals surface area contributed by atoms with Gasteiger partial charge in [0.25, 0.3) is 0 Å².